The Morgan fingerprint density at radius 3 is 2.54 bits per heavy atom. The van der Waals surface area contributed by atoms with Gasteiger partial charge >= 0.3 is 0 Å². The molecule has 2 aromatic rings. The number of hydrogen-bond acceptors (Lipinski definition) is 6. The molecule has 2 rings (SSSR count). The number of ether oxygens (including phenoxy) is 1. The Kier molecular flexibility index (Phi) is 6.66. The molecule has 0 aromatic heterocycles. The van der Waals surface area contributed by atoms with Gasteiger partial charge in [-0.2, -0.15) is 0 Å². The molecule has 0 saturated carbocycles. The van der Waals surface area contributed by atoms with Crippen LogP contribution in [0.15, 0.2) is 48.5 Å². The number of phenolic OH excluding ortho intramolecular Hbond substituents is 1. The number of aliphatic hydroxyl groups excluding tert-OH is 2. The Balaban J connectivity index is 2.05. The molecule has 0 bridgehead atoms. The monoisotopic (exact) mass is 348 g/mol. The van der Waals surface area contributed by atoms with Crippen molar-refractivity contribution in [2.45, 2.75) is 25.7 Å². The first kappa shape index (κ1) is 18.3. The molecule has 5 nitrogen and oxygen atoms in total. The van der Waals surface area contributed by atoms with Crippen molar-refractivity contribution in [1.82, 2.24) is 0 Å². The third-order valence-electron chi connectivity index (χ3n) is 3.38. The van der Waals surface area contributed by atoms with E-state index in [9.17, 15) is 20.1 Å². The van der Waals surface area contributed by atoms with Crippen LogP contribution in [0, 0.1) is 0 Å². The average Bonchev–Trinajstić information content (AvgIpc) is 2.59. The molecule has 2 atom stereocenters. The summed E-state index contributed by atoms with van der Waals surface area (Å²) in [7, 11) is 0. The van der Waals surface area contributed by atoms with Gasteiger partial charge in [0.25, 0.3) is 0 Å². The summed E-state index contributed by atoms with van der Waals surface area (Å²) < 4.78 is 5.59. The first-order valence-electron chi connectivity index (χ1n) is 7.46. The van der Waals surface area contributed by atoms with Crippen LogP contribution in [0.1, 0.15) is 24.2 Å². The Bertz CT molecular complexity index is 674. The maximum atomic E-state index is 10.9. The smallest absolute Gasteiger partial charge is 0.185 e. The van der Waals surface area contributed by atoms with Gasteiger partial charge in [0.15, 0.2) is 16.6 Å². The maximum absolute atomic E-state index is 10.9. The SMILES string of the molecule is CC(=O)SCC(O)C(O)c1ccc(O)c(OCc2ccccc2)c1. The van der Waals surface area contributed by atoms with E-state index in [1.165, 1.54) is 25.1 Å². The number of carbonyl (C=O) groups is 1. The van der Waals surface area contributed by atoms with Gasteiger partial charge in [-0.3, -0.25) is 4.79 Å². The molecule has 0 saturated heterocycles. The van der Waals surface area contributed by atoms with Crippen molar-refractivity contribution >= 4 is 16.9 Å². The highest BCUT2D eigenvalue weighted by Crippen LogP contribution is 2.31. The minimum absolute atomic E-state index is 0.0468. The summed E-state index contributed by atoms with van der Waals surface area (Å²) in [5.41, 5.74) is 1.35. The van der Waals surface area contributed by atoms with Crippen molar-refractivity contribution in [1.29, 1.82) is 0 Å². The van der Waals surface area contributed by atoms with Crippen molar-refractivity contribution in [3.63, 3.8) is 0 Å². The summed E-state index contributed by atoms with van der Waals surface area (Å²) in [4.78, 5) is 10.9. The quantitative estimate of drug-likeness (QED) is 0.713. The second kappa shape index (κ2) is 8.73. The van der Waals surface area contributed by atoms with E-state index in [0.29, 0.717) is 5.56 Å². The number of thioether (sulfide) groups is 1. The average molecular weight is 348 g/mol. The minimum Gasteiger partial charge on any atom is -0.504 e. The summed E-state index contributed by atoms with van der Waals surface area (Å²) in [6.07, 6.45) is -2.26. The van der Waals surface area contributed by atoms with Crippen LogP contribution >= 0.6 is 11.8 Å². The Morgan fingerprint density at radius 1 is 1.17 bits per heavy atom. The summed E-state index contributed by atoms with van der Waals surface area (Å²) in [6, 6.07) is 13.9. The zero-order valence-corrected chi connectivity index (χ0v) is 14.1. The Labute approximate surface area is 144 Å². The standard InChI is InChI=1S/C18H20O5S/c1-12(19)24-11-16(21)18(22)14-7-8-15(20)17(9-14)23-10-13-5-3-2-4-6-13/h2-9,16,18,20-22H,10-11H2,1H3. The summed E-state index contributed by atoms with van der Waals surface area (Å²) in [6.45, 7) is 1.68. The zero-order chi connectivity index (χ0) is 17.5. The number of benzene rings is 2. The minimum atomic E-state index is -1.17. The molecular formula is C18H20O5S. The molecule has 0 aliphatic rings. The van der Waals surface area contributed by atoms with Gasteiger partial charge in [-0.05, 0) is 23.3 Å². The van der Waals surface area contributed by atoms with Crippen molar-refractivity contribution in [3.8, 4) is 11.5 Å². The topological polar surface area (TPSA) is 87.0 Å². The normalized spacial score (nSPS) is 13.3. The molecule has 24 heavy (non-hydrogen) atoms. The molecule has 2 aromatic carbocycles. The van der Waals surface area contributed by atoms with Crippen LogP contribution < -0.4 is 4.74 Å². The Hall–Kier alpha value is -2.02. The first-order chi connectivity index (χ1) is 11.5. The first-order valence-corrected chi connectivity index (χ1v) is 8.45. The molecule has 0 fully saturated rings. The molecule has 0 heterocycles. The fraction of sp³-hybridized carbons (Fsp3) is 0.278. The predicted molar refractivity (Wildman–Crippen MR) is 93.0 cm³/mol. The lowest BCUT2D eigenvalue weighted by atomic mass is 10.0. The lowest BCUT2D eigenvalue weighted by Crippen LogP contribution is -2.21. The summed E-state index contributed by atoms with van der Waals surface area (Å²) in [5.74, 6) is 0.272. The molecule has 0 radical (unpaired) electrons. The summed E-state index contributed by atoms with van der Waals surface area (Å²) >= 11 is 0.948. The number of carbonyl (C=O) groups excluding carboxylic acids is 1. The van der Waals surface area contributed by atoms with Gasteiger partial charge in [0.2, 0.25) is 0 Å². The third-order valence-corrected chi connectivity index (χ3v) is 4.30. The number of rotatable bonds is 7. The second-order valence-electron chi connectivity index (χ2n) is 5.32. The van der Waals surface area contributed by atoms with E-state index in [2.05, 4.69) is 0 Å². The van der Waals surface area contributed by atoms with Crippen LogP contribution in [0.4, 0.5) is 0 Å². The number of aromatic hydroxyl groups is 1. The second-order valence-corrected chi connectivity index (χ2v) is 6.51. The lowest BCUT2D eigenvalue weighted by molar-refractivity contribution is -0.109. The van der Waals surface area contributed by atoms with Gasteiger partial charge < -0.3 is 20.1 Å². The van der Waals surface area contributed by atoms with Gasteiger partial charge in [-0.25, -0.2) is 0 Å². The number of hydrogen-bond donors (Lipinski definition) is 3. The van der Waals surface area contributed by atoms with Gasteiger partial charge in [-0.15, -0.1) is 0 Å². The van der Waals surface area contributed by atoms with Gasteiger partial charge in [0, 0.05) is 12.7 Å². The molecule has 3 N–H and O–H groups in total. The van der Waals surface area contributed by atoms with Crippen molar-refractivity contribution in [3.05, 3.63) is 59.7 Å². The Morgan fingerprint density at radius 2 is 1.88 bits per heavy atom. The van der Waals surface area contributed by atoms with Crippen LogP contribution in [0.5, 0.6) is 11.5 Å². The molecule has 0 aliphatic carbocycles. The van der Waals surface area contributed by atoms with E-state index in [4.69, 9.17) is 4.74 Å². The van der Waals surface area contributed by atoms with Crippen molar-refractivity contribution in [2.24, 2.45) is 0 Å². The van der Waals surface area contributed by atoms with Crippen molar-refractivity contribution < 1.29 is 24.9 Å². The fourth-order valence-electron chi connectivity index (χ4n) is 2.08. The molecular weight excluding hydrogens is 328 g/mol. The van der Waals surface area contributed by atoms with Gasteiger partial charge in [0.05, 0.1) is 6.10 Å². The molecule has 0 spiro atoms. The third kappa shape index (κ3) is 5.26. The predicted octanol–water partition coefficient (Wildman–Crippen LogP) is 2.65. The highest BCUT2D eigenvalue weighted by atomic mass is 32.2. The van der Waals surface area contributed by atoms with Crippen LogP contribution in [0.3, 0.4) is 0 Å². The fourth-order valence-corrected chi connectivity index (χ4v) is 2.67. The van der Waals surface area contributed by atoms with Gasteiger partial charge in [0.1, 0.15) is 12.7 Å². The van der Waals surface area contributed by atoms with Gasteiger partial charge in [-0.1, -0.05) is 48.2 Å². The molecule has 128 valence electrons. The summed E-state index contributed by atoms with van der Waals surface area (Å²) in [5, 5.41) is 29.9. The number of phenols is 1. The van der Waals surface area contributed by atoms with E-state index < -0.39 is 12.2 Å². The van der Waals surface area contributed by atoms with Crippen molar-refractivity contribution in [2.75, 3.05) is 5.75 Å². The maximum Gasteiger partial charge on any atom is 0.185 e. The van der Waals surface area contributed by atoms with E-state index in [-0.39, 0.29) is 29.0 Å². The molecule has 2 unspecified atom stereocenters. The molecule has 6 heteroatoms. The van der Waals surface area contributed by atoms with Crippen LogP contribution in [0.2, 0.25) is 0 Å². The van der Waals surface area contributed by atoms with Crippen LogP contribution in [0.25, 0.3) is 0 Å². The van der Waals surface area contributed by atoms with Crippen LogP contribution in [-0.2, 0) is 11.4 Å². The highest BCUT2D eigenvalue weighted by molar-refractivity contribution is 8.13. The highest BCUT2D eigenvalue weighted by Gasteiger charge is 2.20. The van der Waals surface area contributed by atoms with Crippen LogP contribution in [-0.4, -0.2) is 32.3 Å². The molecule has 0 amide bonds. The molecule has 0 aliphatic heterocycles. The van der Waals surface area contributed by atoms with E-state index in [1.807, 2.05) is 30.3 Å². The zero-order valence-electron chi connectivity index (χ0n) is 13.3. The van der Waals surface area contributed by atoms with E-state index in [1.54, 1.807) is 0 Å². The van der Waals surface area contributed by atoms with E-state index in [0.717, 1.165) is 17.3 Å². The number of aliphatic hydroxyl groups is 2. The van der Waals surface area contributed by atoms with E-state index >= 15 is 0 Å². The lowest BCUT2D eigenvalue weighted by Gasteiger charge is -2.18. The largest absolute Gasteiger partial charge is 0.504 e.